The van der Waals surface area contributed by atoms with Crippen molar-refractivity contribution in [2.24, 2.45) is 5.73 Å². The summed E-state index contributed by atoms with van der Waals surface area (Å²) in [6, 6.07) is 17.6. The average Bonchev–Trinajstić information content (AvgIpc) is 3.36. The normalized spacial score (nSPS) is 19.4. The minimum atomic E-state index is -0.939. The van der Waals surface area contributed by atoms with E-state index in [4.69, 9.17) is 11.0 Å². The minimum Gasteiger partial charge on any atom is -0.350 e. The van der Waals surface area contributed by atoms with Gasteiger partial charge in [-0.3, -0.25) is 9.69 Å². The number of rotatable bonds is 8. The van der Waals surface area contributed by atoms with Crippen molar-refractivity contribution in [3.8, 4) is 6.07 Å². The lowest BCUT2D eigenvalue weighted by Crippen LogP contribution is -2.74. The number of hydrogen-bond acceptors (Lipinski definition) is 6. The third kappa shape index (κ3) is 5.80. The predicted molar refractivity (Wildman–Crippen MR) is 140 cm³/mol. The summed E-state index contributed by atoms with van der Waals surface area (Å²) >= 11 is 0. The molecule has 0 radical (unpaired) electrons. The quantitative estimate of drug-likeness (QED) is 0.440. The predicted octanol–water partition coefficient (Wildman–Crippen LogP) is 1.79. The maximum atomic E-state index is 13.4. The molecule has 1 fully saturated rings. The number of carbonyl (C=O) groups is 3. The first kappa shape index (κ1) is 26.7. The third-order valence-electron chi connectivity index (χ3n) is 7.15. The summed E-state index contributed by atoms with van der Waals surface area (Å²) in [5, 5.41) is 11.9. The maximum Gasteiger partial charge on any atom is 0.422 e. The molecule has 1 aliphatic heterocycles. The van der Waals surface area contributed by atoms with Crippen LogP contribution in [0.4, 0.5) is 4.79 Å². The number of quaternary nitrogens is 1. The first-order chi connectivity index (χ1) is 18.3. The summed E-state index contributed by atoms with van der Waals surface area (Å²) in [6.45, 7) is 3.67. The summed E-state index contributed by atoms with van der Waals surface area (Å²) in [5.74, 6) is -0.813. The van der Waals surface area contributed by atoms with E-state index in [1.54, 1.807) is 24.7 Å². The minimum absolute atomic E-state index is 0.146. The number of nitrogens with two attached hydrogens (primary N) is 1. The second-order valence-electron chi connectivity index (χ2n) is 9.55. The molecular weight excluding hydrogens is 482 g/mol. The smallest absolute Gasteiger partial charge is 0.350 e. The molecule has 38 heavy (non-hydrogen) atoms. The lowest BCUT2D eigenvalue weighted by molar-refractivity contribution is -0.796. The number of amides is 4. The summed E-state index contributed by atoms with van der Waals surface area (Å²) in [4.78, 5) is 45.0. The zero-order valence-electron chi connectivity index (χ0n) is 21.4. The number of nitrogens with zero attached hydrogens (tertiary/aromatic N) is 5. The van der Waals surface area contributed by atoms with Gasteiger partial charge < -0.3 is 15.6 Å². The van der Waals surface area contributed by atoms with E-state index < -0.39 is 22.5 Å². The zero-order chi connectivity index (χ0) is 27.1. The van der Waals surface area contributed by atoms with Crippen molar-refractivity contribution in [3.63, 3.8) is 0 Å². The first-order valence-corrected chi connectivity index (χ1v) is 12.5. The van der Waals surface area contributed by atoms with Gasteiger partial charge >= 0.3 is 11.9 Å². The van der Waals surface area contributed by atoms with E-state index in [0.717, 1.165) is 16.8 Å². The van der Waals surface area contributed by atoms with E-state index in [1.807, 2.05) is 47.0 Å². The molecule has 4 rings (SSSR count). The van der Waals surface area contributed by atoms with E-state index in [2.05, 4.69) is 21.3 Å². The van der Waals surface area contributed by atoms with E-state index in [-0.39, 0.29) is 19.0 Å². The van der Waals surface area contributed by atoms with Crippen LogP contribution in [0.5, 0.6) is 0 Å². The van der Waals surface area contributed by atoms with Crippen LogP contribution in [0.1, 0.15) is 29.3 Å². The Morgan fingerprint density at radius 2 is 1.82 bits per heavy atom. The summed E-state index contributed by atoms with van der Waals surface area (Å²) < 4.78 is 1.29. The molecule has 1 aliphatic rings. The van der Waals surface area contributed by atoms with Crippen molar-refractivity contribution in [1.29, 1.82) is 5.26 Å². The highest BCUT2D eigenvalue weighted by Gasteiger charge is 2.54. The molecule has 1 aromatic heterocycles. The summed E-state index contributed by atoms with van der Waals surface area (Å²) in [7, 11) is 0. The molecule has 10 heteroatoms. The molecular formula is C28H32N7O3+. The first-order valence-electron chi connectivity index (χ1n) is 12.5. The Morgan fingerprint density at radius 1 is 1.11 bits per heavy atom. The van der Waals surface area contributed by atoms with E-state index >= 15 is 0 Å². The average molecular weight is 515 g/mol. The number of primary amides is 1. The molecule has 0 spiro atoms. The standard InChI is InChI=1S/C28H31N7O3/c1-21(36)35(28(30)38)14-13-33(17-23-5-3-2-4-6-23)19-26(35)27(37)32-12-11-25-16-31-20-34(25)18-24-9-7-22(15-29)8-10-24/h2-10,16,20,26H,11-14,17-19H2,1H3,(H2-,30,32,37,38)/p+1/t26-,35?/m1/s1. The molecule has 2 atom stereocenters. The number of piperazine rings is 1. The molecule has 3 aromatic rings. The number of hydrogen-bond donors (Lipinski definition) is 2. The Balaban J connectivity index is 1.42. The van der Waals surface area contributed by atoms with Crippen LogP contribution in [0.3, 0.4) is 0 Å². The van der Waals surface area contributed by atoms with Gasteiger partial charge in [0, 0.05) is 44.5 Å². The number of imide groups is 1. The number of aromatic nitrogens is 2. The van der Waals surface area contributed by atoms with Crippen molar-refractivity contribution in [1.82, 2.24) is 19.8 Å². The third-order valence-corrected chi connectivity index (χ3v) is 7.15. The lowest BCUT2D eigenvalue weighted by atomic mass is 10.1. The number of nitriles is 1. The highest BCUT2D eigenvalue weighted by molar-refractivity contribution is 5.89. The van der Waals surface area contributed by atoms with Gasteiger partial charge in [-0.25, -0.2) is 14.6 Å². The van der Waals surface area contributed by atoms with Crippen LogP contribution in [0.2, 0.25) is 0 Å². The SMILES string of the molecule is CC(=O)[N+]1(C(N)=O)CCN(Cc2ccccc2)C[C@@H]1C(=O)NCCc1cncn1Cc1ccc(C#N)cc1. The molecule has 0 bridgehead atoms. The van der Waals surface area contributed by atoms with Crippen molar-refractivity contribution < 1.29 is 18.9 Å². The van der Waals surface area contributed by atoms with Gasteiger partial charge in [-0.1, -0.05) is 42.5 Å². The van der Waals surface area contributed by atoms with E-state index in [0.29, 0.717) is 38.2 Å². The molecule has 1 saturated heterocycles. The van der Waals surface area contributed by atoms with E-state index in [9.17, 15) is 14.4 Å². The molecule has 3 N–H and O–H groups in total. The maximum absolute atomic E-state index is 13.4. The molecule has 196 valence electrons. The van der Waals surface area contributed by atoms with Crippen LogP contribution < -0.4 is 11.1 Å². The van der Waals surface area contributed by atoms with Crippen molar-refractivity contribution in [2.75, 3.05) is 26.2 Å². The zero-order valence-corrected chi connectivity index (χ0v) is 21.4. The second-order valence-corrected chi connectivity index (χ2v) is 9.55. The van der Waals surface area contributed by atoms with Gasteiger partial charge in [0.1, 0.15) is 6.54 Å². The monoisotopic (exact) mass is 514 g/mol. The van der Waals surface area contributed by atoms with Crippen molar-refractivity contribution in [2.45, 2.75) is 32.5 Å². The number of urea groups is 1. The van der Waals surface area contributed by atoms with Gasteiger partial charge in [0.2, 0.25) is 0 Å². The molecule has 0 saturated carbocycles. The highest BCUT2D eigenvalue weighted by atomic mass is 16.2. The molecule has 4 amide bonds. The Bertz CT molecular complexity index is 1310. The van der Waals surface area contributed by atoms with Crippen LogP contribution in [0, 0.1) is 11.3 Å². The Hall–Kier alpha value is -4.33. The molecule has 0 aliphatic carbocycles. The fraction of sp³-hybridized carbons (Fsp3) is 0.321. The fourth-order valence-corrected chi connectivity index (χ4v) is 5.01. The molecule has 10 nitrogen and oxygen atoms in total. The van der Waals surface area contributed by atoms with Crippen molar-refractivity contribution >= 4 is 17.8 Å². The molecule has 2 aromatic carbocycles. The van der Waals surface area contributed by atoms with Crippen LogP contribution in [0.25, 0.3) is 0 Å². The van der Waals surface area contributed by atoms with Gasteiger partial charge in [-0.2, -0.15) is 9.74 Å². The van der Waals surface area contributed by atoms with Gasteiger partial charge in [0.25, 0.3) is 5.91 Å². The van der Waals surface area contributed by atoms with E-state index in [1.165, 1.54) is 6.92 Å². The topological polar surface area (TPSA) is 134 Å². The van der Waals surface area contributed by atoms with Crippen LogP contribution >= 0.6 is 0 Å². The Morgan fingerprint density at radius 3 is 2.47 bits per heavy atom. The largest absolute Gasteiger partial charge is 0.422 e. The van der Waals surface area contributed by atoms with Crippen LogP contribution in [0.15, 0.2) is 67.1 Å². The number of benzene rings is 2. The van der Waals surface area contributed by atoms with Gasteiger partial charge in [-0.15, -0.1) is 0 Å². The van der Waals surface area contributed by atoms with Crippen molar-refractivity contribution in [3.05, 3.63) is 89.5 Å². The van der Waals surface area contributed by atoms with Crippen LogP contribution in [-0.4, -0.2) is 69.0 Å². The van der Waals surface area contributed by atoms with Gasteiger partial charge in [0.05, 0.1) is 31.4 Å². The van der Waals surface area contributed by atoms with Gasteiger partial charge in [0.15, 0.2) is 6.04 Å². The molecule has 1 unspecified atom stereocenters. The lowest BCUT2D eigenvalue weighted by Gasteiger charge is -2.43. The Labute approximate surface area is 221 Å². The number of carbonyl (C=O) groups excluding carboxylic acids is 3. The molecule has 2 heterocycles. The highest BCUT2D eigenvalue weighted by Crippen LogP contribution is 2.23. The summed E-state index contributed by atoms with van der Waals surface area (Å²) in [6.07, 6.45) is 3.99. The summed E-state index contributed by atoms with van der Waals surface area (Å²) in [5.41, 5.74) is 9.37. The number of nitrogens with one attached hydrogen (secondary N) is 1. The second kappa shape index (κ2) is 11.8. The number of imidazole rings is 1. The van der Waals surface area contributed by atoms with Gasteiger partial charge in [-0.05, 0) is 23.3 Å². The fourth-order valence-electron chi connectivity index (χ4n) is 5.01. The Kier molecular flexibility index (Phi) is 8.31. The van der Waals surface area contributed by atoms with Crippen LogP contribution in [-0.2, 0) is 29.1 Å².